The molecule has 35 heavy (non-hydrogen) atoms. The fraction of sp³-hybridized carbons (Fsp3) is 0.308. The lowest BCUT2D eigenvalue weighted by atomic mass is 9.76. The number of pyridine rings is 1. The second-order valence-corrected chi connectivity index (χ2v) is 9.09. The number of amides is 1. The van der Waals surface area contributed by atoms with Crippen LogP contribution in [0.15, 0.2) is 64.9 Å². The van der Waals surface area contributed by atoms with E-state index in [2.05, 4.69) is 15.2 Å². The van der Waals surface area contributed by atoms with Crippen molar-refractivity contribution in [3.63, 3.8) is 0 Å². The van der Waals surface area contributed by atoms with E-state index in [0.29, 0.717) is 11.0 Å². The van der Waals surface area contributed by atoms with E-state index in [1.165, 1.54) is 0 Å². The summed E-state index contributed by atoms with van der Waals surface area (Å²) < 4.78 is 16.3. The van der Waals surface area contributed by atoms with Gasteiger partial charge in [-0.3, -0.25) is 14.7 Å². The number of fused-ring (bicyclic) bond motifs is 6. The van der Waals surface area contributed by atoms with Gasteiger partial charge >= 0.3 is 17.9 Å². The van der Waals surface area contributed by atoms with E-state index in [0.717, 1.165) is 44.0 Å². The maximum Gasteiger partial charge on any atom is 0.351 e. The molecule has 4 aliphatic rings. The zero-order chi connectivity index (χ0) is 23.9. The first-order valence-corrected chi connectivity index (χ1v) is 11.7. The van der Waals surface area contributed by atoms with Crippen molar-refractivity contribution in [2.45, 2.75) is 31.3 Å². The third-order valence-electron chi connectivity index (χ3n) is 7.07. The molecule has 7 rings (SSSR count). The largest absolute Gasteiger partial charge is 0.422 e. The molecule has 0 unspecified atom stereocenters. The van der Waals surface area contributed by atoms with Gasteiger partial charge in [0.1, 0.15) is 11.2 Å². The van der Waals surface area contributed by atoms with Gasteiger partial charge in [0.25, 0.3) is 5.91 Å². The predicted octanol–water partition coefficient (Wildman–Crippen LogP) is 2.40. The van der Waals surface area contributed by atoms with Gasteiger partial charge in [0.05, 0.1) is 5.39 Å². The van der Waals surface area contributed by atoms with Gasteiger partial charge in [-0.2, -0.15) is 0 Å². The van der Waals surface area contributed by atoms with Crippen molar-refractivity contribution < 1.29 is 28.3 Å². The van der Waals surface area contributed by atoms with Crippen molar-refractivity contribution in [2.75, 3.05) is 13.1 Å². The van der Waals surface area contributed by atoms with Crippen molar-refractivity contribution in [1.82, 2.24) is 15.2 Å². The summed E-state index contributed by atoms with van der Waals surface area (Å²) in [6.45, 7) is 1.93. The number of nitrogens with one attached hydrogen (secondary N) is 1. The van der Waals surface area contributed by atoms with E-state index in [9.17, 15) is 14.4 Å². The molecule has 3 aromatic rings. The number of hydrogen-bond acceptors (Lipinski definition) is 8. The molecule has 2 atom stereocenters. The number of aromatic nitrogens is 1. The average Bonchev–Trinajstić information content (AvgIpc) is 3.20. The molecule has 2 aromatic heterocycles. The molecule has 1 N–H and O–H groups in total. The molecular weight excluding hydrogens is 450 g/mol. The molecule has 3 saturated heterocycles. The monoisotopic (exact) mass is 473 g/mol. The minimum Gasteiger partial charge on any atom is -0.422 e. The Hall–Kier alpha value is -3.98. The first-order valence-electron chi connectivity index (χ1n) is 11.7. The number of esters is 2. The molecule has 178 valence electrons. The molecule has 1 aromatic carbocycles. The van der Waals surface area contributed by atoms with E-state index in [1.807, 2.05) is 18.3 Å². The molecule has 3 fully saturated rings. The maximum atomic E-state index is 13.3. The number of piperidine rings is 3. The lowest BCUT2D eigenvalue weighted by Crippen LogP contribution is -2.64. The van der Waals surface area contributed by atoms with Crippen LogP contribution in [0.5, 0.6) is 11.7 Å². The van der Waals surface area contributed by atoms with Crippen LogP contribution in [0.25, 0.3) is 11.0 Å². The van der Waals surface area contributed by atoms with Gasteiger partial charge < -0.3 is 19.2 Å². The van der Waals surface area contributed by atoms with E-state index in [4.69, 9.17) is 13.9 Å². The van der Waals surface area contributed by atoms with Crippen LogP contribution < -0.4 is 14.8 Å². The number of benzene rings is 1. The highest BCUT2D eigenvalue weighted by molar-refractivity contribution is 6.20. The number of carbonyl (C=O) groups is 3. The number of ether oxygens (including phenoxy) is 2. The third kappa shape index (κ3) is 3.97. The van der Waals surface area contributed by atoms with E-state index < -0.39 is 23.4 Å². The van der Waals surface area contributed by atoms with Gasteiger partial charge in [-0.15, -0.1) is 0 Å². The first kappa shape index (κ1) is 21.5. The highest BCUT2D eigenvalue weighted by Gasteiger charge is 2.43. The fourth-order valence-corrected chi connectivity index (χ4v) is 5.38. The predicted molar refractivity (Wildman–Crippen MR) is 124 cm³/mol. The van der Waals surface area contributed by atoms with Crippen LogP contribution in [-0.4, -0.2) is 52.9 Å². The minimum absolute atomic E-state index is 0.0172. The van der Waals surface area contributed by atoms with Crippen LogP contribution >= 0.6 is 0 Å². The van der Waals surface area contributed by atoms with Crippen molar-refractivity contribution in [2.24, 2.45) is 5.92 Å². The topological polar surface area (TPSA) is 111 Å². The Labute approximate surface area is 200 Å². The molecule has 2 bridgehead atoms. The lowest BCUT2D eigenvalue weighted by Gasteiger charge is -2.51. The van der Waals surface area contributed by atoms with Crippen LogP contribution in [0.2, 0.25) is 0 Å². The lowest BCUT2D eigenvalue weighted by molar-refractivity contribution is -0.137. The highest BCUT2D eigenvalue weighted by atomic mass is 16.6. The molecule has 4 aliphatic heterocycles. The molecule has 0 radical (unpaired) electrons. The number of para-hydroxylation sites is 1. The highest BCUT2D eigenvalue weighted by Crippen LogP contribution is 2.40. The fourth-order valence-electron chi connectivity index (χ4n) is 5.38. The number of rotatable bonds is 4. The van der Waals surface area contributed by atoms with E-state index >= 15 is 0 Å². The van der Waals surface area contributed by atoms with Crippen LogP contribution in [0.3, 0.4) is 0 Å². The second-order valence-electron chi connectivity index (χ2n) is 9.09. The van der Waals surface area contributed by atoms with Crippen molar-refractivity contribution in [1.29, 1.82) is 0 Å². The quantitative estimate of drug-likeness (QED) is 0.454. The van der Waals surface area contributed by atoms with Gasteiger partial charge in [0.15, 0.2) is 0 Å². The maximum absolute atomic E-state index is 13.3. The standard InChI is InChI=1S/C26H23N3O6/c30-21-13-18(25(32)35-26-23(34-21)17-5-1-2-6-20(17)33-26)24(31)28-22-16-7-10-29(11-8-16)19(22)12-15-4-3-9-27-14-15/h1-6,9,13-14,16,19,22H,7-8,10-12H2,(H,28,31)/b18-13-/t19-,22+/m0/s1. The molecule has 0 spiro atoms. The van der Waals surface area contributed by atoms with Crippen molar-refractivity contribution in [3.05, 3.63) is 66.0 Å². The molecule has 6 heterocycles. The van der Waals surface area contributed by atoms with Gasteiger partial charge in [-0.05, 0) is 62.0 Å². The van der Waals surface area contributed by atoms with Crippen molar-refractivity contribution in [3.8, 4) is 11.7 Å². The van der Waals surface area contributed by atoms with Crippen LogP contribution in [0.4, 0.5) is 0 Å². The van der Waals surface area contributed by atoms with Gasteiger partial charge in [-0.1, -0.05) is 18.2 Å². The zero-order valence-electron chi connectivity index (χ0n) is 18.8. The van der Waals surface area contributed by atoms with Crippen LogP contribution in [0, 0.1) is 5.92 Å². The number of carbonyl (C=O) groups excluding carboxylic acids is 3. The Kier molecular flexibility index (Phi) is 5.33. The Morgan fingerprint density at radius 3 is 2.71 bits per heavy atom. The summed E-state index contributed by atoms with van der Waals surface area (Å²) in [4.78, 5) is 45.4. The molecule has 1 amide bonds. The summed E-state index contributed by atoms with van der Waals surface area (Å²) in [6.07, 6.45) is 7.10. The summed E-state index contributed by atoms with van der Waals surface area (Å²) in [5.74, 6) is -2.43. The van der Waals surface area contributed by atoms with E-state index in [-0.39, 0.29) is 29.7 Å². The molecule has 0 saturated carbocycles. The average molecular weight is 473 g/mol. The number of nitrogens with zero attached hydrogens (tertiary/aromatic N) is 2. The smallest absolute Gasteiger partial charge is 0.351 e. The summed E-state index contributed by atoms with van der Waals surface area (Å²) in [5, 5.41) is 3.53. The molecule has 9 heteroatoms. The Bertz CT molecular complexity index is 1340. The summed E-state index contributed by atoms with van der Waals surface area (Å²) in [7, 11) is 0. The summed E-state index contributed by atoms with van der Waals surface area (Å²) in [6, 6.07) is 10.6. The van der Waals surface area contributed by atoms with Crippen LogP contribution in [0.1, 0.15) is 18.4 Å². The molecule has 9 nitrogen and oxygen atoms in total. The van der Waals surface area contributed by atoms with Crippen LogP contribution in [-0.2, 0) is 20.8 Å². The number of hydrogen-bond donors (Lipinski definition) is 1. The Balaban J connectivity index is 1.25. The second kappa shape index (κ2) is 8.66. The van der Waals surface area contributed by atoms with Gasteiger partial charge in [0, 0.05) is 30.6 Å². The number of furan rings is 1. The summed E-state index contributed by atoms with van der Waals surface area (Å²) >= 11 is 0. The van der Waals surface area contributed by atoms with Gasteiger partial charge in [-0.25, -0.2) is 9.59 Å². The zero-order valence-corrected chi connectivity index (χ0v) is 18.8. The SMILES string of the molecule is O=C1/C=C(/C(=O)N[C@@H]2C3CCN(CC3)[C@H]2Cc2cccnc2)C(=O)Oc2oc3ccccc3c2O1. The normalized spacial score (nSPS) is 27.1. The third-order valence-corrected chi connectivity index (χ3v) is 7.07. The first-order chi connectivity index (χ1) is 17.1. The van der Waals surface area contributed by atoms with E-state index in [1.54, 1.807) is 30.5 Å². The minimum atomic E-state index is -0.968. The molecule has 0 aliphatic carbocycles. The van der Waals surface area contributed by atoms with Gasteiger partial charge in [0.2, 0.25) is 5.75 Å². The van der Waals surface area contributed by atoms with Crippen molar-refractivity contribution >= 4 is 28.8 Å². The molecular formula is C26H23N3O6. The Morgan fingerprint density at radius 2 is 1.91 bits per heavy atom. The Morgan fingerprint density at radius 1 is 1.09 bits per heavy atom. The summed E-state index contributed by atoms with van der Waals surface area (Å²) in [5.41, 5.74) is 1.06.